The predicted octanol–water partition coefficient (Wildman–Crippen LogP) is 2.80. The van der Waals surface area contributed by atoms with Crippen LogP contribution in [-0.4, -0.2) is 19.7 Å². The Morgan fingerprint density at radius 1 is 1.50 bits per heavy atom. The molecule has 1 aromatic carbocycles. The summed E-state index contributed by atoms with van der Waals surface area (Å²) in [5, 5.41) is 0. The molecule has 1 atom stereocenters. The fourth-order valence-corrected chi connectivity index (χ4v) is 1.85. The van der Waals surface area contributed by atoms with Gasteiger partial charge in [-0.3, -0.25) is 4.79 Å². The van der Waals surface area contributed by atoms with E-state index in [0.29, 0.717) is 19.4 Å². The summed E-state index contributed by atoms with van der Waals surface area (Å²) in [6.07, 6.45) is 0.982. The Kier molecular flexibility index (Phi) is 6.15. The van der Waals surface area contributed by atoms with Gasteiger partial charge in [0.15, 0.2) is 0 Å². The topological polar surface area (TPSA) is 61.5 Å². The zero-order valence-corrected chi connectivity index (χ0v) is 12.2. The van der Waals surface area contributed by atoms with Crippen molar-refractivity contribution in [3.8, 4) is 5.75 Å². The van der Waals surface area contributed by atoms with Crippen molar-refractivity contribution in [1.82, 2.24) is 0 Å². The molecule has 1 rings (SSSR count). The summed E-state index contributed by atoms with van der Waals surface area (Å²) in [5.74, 6) is 0.532. The van der Waals surface area contributed by atoms with Crippen LogP contribution in [0.15, 0.2) is 22.7 Å². The number of ether oxygens (including phenoxy) is 2. The molecule has 0 aromatic heterocycles. The first-order valence-electron chi connectivity index (χ1n) is 5.79. The molecule has 0 aliphatic heterocycles. The molecule has 5 heteroatoms. The highest BCUT2D eigenvalue weighted by atomic mass is 79.9. The molecule has 1 unspecified atom stereocenters. The molecule has 0 aliphatic rings. The number of carbonyl (C=O) groups excluding carboxylic acids is 1. The van der Waals surface area contributed by atoms with Gasteiger partial charge in [0.2, 0.25) is 0 Å². The van der Waals surface area contributed by atoms with E-state index < -0.39 is 0 Å². The number of hydrogen-bond donors (Lipinski definition) is 1. The Morgan fingerprint density at radius 3 is 2.83 bits per heavy atom. The van der Waals surface area contributed by atoms with Gasteiger partial charge in [0.05, 0.1) is 13.7 Å². The number of rotatable bonds is 6. The maximum atomic E-state index is 10.9. The van der Waals surface area contributed by atoms with E-state index in [1.807, 2.05) is 25.1 Å². The lowest BCUT2D eigenvalue weighted by Crippen LogP contribution is -2.09. The fourth-order valence-electron chi connectivity index (χ4n) is 1.51. The average molecular weight is 316 g/mol. The van der Waals surface area contributed by atoms with Crippen molar-refractivity contribution >= 4 is 21.9 Å². The van der Waals surface area contributed by atoms with Crippen molar-refractivity contribution in [3.63, 3.8) is 0 Å². The third kappa shape index (κ3) is 4.66. The van der Waals surface area contributed by atoms with Crippen molar-refractivity contribution < 1.29 is 14.3 Å². The zero-order chi connectivity index (χ0) is 13.5. The van der Waals surface area contributed by atoms with Crippen LogP contribution < -0.4 is 10.5 Å². The molecular formula is C13H18BrNO3. The minimum atomic E-state index is -0.222. The third-order valence-corrected chi connectivity index (χ3v) is 2.97. The lowest BCUT2D eigenvalue weighted by atomic mass is 10.1. The van der Waals surface area contributed by atoms with Gasteiger partial charge in [-0.2, -0.15) is 0 Å². The van der Waals surface area contributed by atoms with Crippen molar-refractivity contribution in [2.45, 2.75) is 25.8 Å². The highest BCUT2D eigenvalue weighted by Gasteiger charge is 2.09. The molecule has 0 spiro atoms. The number of benzene rings is 1. The number of esters is 1. The van der Waals surface area contributed by atoms with Gasteiger partial charge in [-0.05, 0) is 25.5 Å². The Hall–Kier alpha value is -1.07. The number of carbonyl (C=O) groups is 1. The number of methoxy groups -OCH3 is 1. The van der Waals surface area contributed by atoms with E-state index in [9.17, 15) is 4.79 Å². The van der Waals surface area contributed by atoms with Crippen molar-refractivity contribution in [3.05, 3.63) is 28.2 Å². The van der Waals surface area contributed by atoms with E-state index in [4.69, 9.17) is 10.5 Å². The van der Waals surface area contributed by atoms with Gasteiger partial charge in [0.1, 0.15) is 5.75 Å². The van der Waals surface area contributed by atoms with Crippen molar-refractivity contribution in [2.75, 3.05) is 13.7 Å². The largest absolute Gasteiger partial charge is 0.493 e. The lowest BCUT2D eigenvalue weighted by molar-refractivity contribution is -0.140. The fraction of sp³-hybridized carbons (Fsp3) is 0.462. The summed E-state index contributed by atoms with van der Waals surface area (Å²) >= 11 is 3.39. The normalized spacial score (nSPS) is 12.0. The van der Waals surface area contributed by atoms with E-state index in [2.05, 4.69) is 20.7 Å². The maximum Gasteiger partial charge on any atom is 0.305 e. The molecule has 18 heavy (non-hydrogen) atoms. The van der Waals surface area contributed by atoms with Gasteiger partial charge in [0.25, 0.3) is 0 Å². The lowest BCUT2D eigenvalue weighted by Gasteiger charge is -2.14. The van der Waals surface area contributed by atoms with Gasteiger partial charge in [-0.15, -0.1) is 0 Å². The van der Waals surface area contributed by atoms with Crippen molar-refractivity contribution in [2.24, 2.45) is 5.73 Å². The summed E-state index contributed by atoms with van der Waals surface area (Å²) < 4.78 is 11.2. The first-order chi connectivity index (χ1) is 8.54. The van der Waals surface area contributed by atoms with Crippen LogP contribution in [0.1, 0.15) is 31.4 Å². The van der Waals surface area contributed by atoms with Crippen LogP contribution in [0.2, 0.25) is 0 Å². The predicted molar refractivity (Wildman–Crippen MR) is 73.5 cm³/mol. The molecule has 0 amide bonds. The molecule has 1 aromatic rings. The molecule has 0 radical (unpaired) electrons. The Bertz CT molecular complexity index is 407. The second kappa shape index (κ2) is 7.38. The van der Waals surface area contributed by atoms with Crippen LogP contribution in [0.3, 0.4) is 0 Å². The maximum absolute atomic E-state index is 10.9. The highest BCUT2D eigenvalue weighted by molar-refractivity contribution is 9.10. The molecule has 2 N–H and O–H groups in total. The minimum absolute atomic E-state index is 0.0892. The first kappa shape index (κ1) is 15.0. The number of hydrogen-bond acceptors (Lipinski definition) is 4. The van der Waals surface area contributed by atoms with Crippen LogP contribution >= 0.6 is 15.9 Å². The van der Waals surface area contributed by atoms with Gasteiger partial charge >= 0.3 is 5.97 Å². The quantitative estimate of drug-likeness (QED) is 0.647. The standard InChI is InChI=1S/C13H18BrNO3/c1-9(15)11-6-5-10(14)8-12(11)18-7-3-4-13(16)17-2/h5-6,8-9H,3-4,7,15H2,1-2H3. The van der Waals surface area contributed by atoms with Crippen LogP contribution in [0.5, 0.6) is 5.75 Å². The van der Waals surface area contributed by atoms with Crippen LogP contribution in [0.4, 0.5) is 0 Å². The molecule has 0 saturated carbocycles. The monoisotopic (exact) mass is 315 g/mol. The second-order valence-corrected chi connectivity index (χ2v) is 4.91. The van der Waals surface area contributed by atoms with E-state index in [1.165, 1.54) is 7.11 Å². The summed E-state index contributed by atoms with van der Waals surface area (Å²) in [7, 11) is 1.38. The molecule has 0 fully saturated rings. The molecule has 0 aliphatic carbocycles. The van der Waals surface area contributed by atoms with Crippen LogP contribution in [-0.2, 0) is 9.53 Å². The molecule has 0 saturated heterocycles. The third-order valence-electron chi connectivity index (χ3n) is 2.48. The van der Waals surface area contributed by atoms with Crippen LogP contribution in [0.25, 0.3) is 0 Å². The second-order valence-electron chi connectivity index (χ2n) is 4.00. The molecule has 0 heterocycles. The van der Waals surface area contributed by atoms with Gasteiger partial charge in [-0.25, -0.2) is 0 Å². The number of nitrogens with two attached hydrogens (primary N) is 1. The minimum Gasteiger partial charge on any atom is -0.493 e. The molecule has 4 nitrogen and oxygen atoms in total. The van der Waals surface area contributed by atoms with E-state index >= 15 is 0 Å². The van der Waals surface area contributed by atoms with E-state index in [-0.39, 0.29) is 12.0 Å². The van der Waals surface area contributed by atoms with Crippen molar-refractivity contribution in [1.29, 1.82) is 0 Å². The summed E-state index contributed by atoms with van der Waals surface area (Å²) in [6, 6.07) is 5.66. The summed E-state index contributed by atoms with van der Waals surface area (Å²) in [6.45, 7) is 2.37. The van der Waals surface area contributed by atoms with Gasteiger partial charge in [0, 0.05) is 22.5 Å². The average Bonchev–Trinajstić information content (AvgIpc) is 2.34. The first-order valence-corrected chi connectivity index (χ1v) is 6.58. The van der Waals surface area contributed by atoms with E-state index in [0.717, 1.165) is 15.8 Å². The molecule has 0 bridgehead atoms. The number of halogens is 1. The SMILES string of the molecule is COC(=O)CCCOc1cc(Br)ccc1C(C)N. The molecular weight excluding hydrogens is 298 g/mol. The Labute approximate surface area is 116 Å². The highest BCUT2D eigenvalue weighted by Crippen LogP contribution is 2.27. The summed E-state index contributed by atoms with van der Waals surface area (Å²) in [4.78, 5) is 10.9. The zero-order valence-electron chi connectivity index (χ0n) is 10.6. The Morgan fingerprint density at radius 2 is 2.22 bits per heavy atom. The van der Waals surface area contributed by atoms with Gasteiger partial charge in [-0.1, -0.05) is 22.0 Å². The van der Waals surface area contributed by atoms with Gasteiger partial charge < -0.3 is 15.2 Å². The summed E-state index contributed by atoms with van der Waals surface area (Å²) in [5.41, 5.74) is 6.82. The Balaban J connectivity index is 2.55. The van der Waals surface area contributed by atoms with Crippen LogP contribution in [0, 0.1) is 0 Å². The van der Waals surface area contributed by atoms with E-state index in [1.54, 1.807) is 0 Å². The molecule has 100 valence electrons. The smallest absolute Gasteiger partial charge is 0.305 e.